The van der Waals surface area contributed by atoms with Gasteiger partial charge in [-0.1, -0.05) is 5.92 Å². The Bertz CT molecular complexity index is 375. The predicted molar refractivity (Wildman–Crippen MR) is 55.3 cm³/mol. The Kier molecular flexibility index (Phi) is 3.51. The first-order valence-corrected chi connectivity index (χ1v) is 4.53. The summed E-state index contributed by atoms with van der Waals surface area (Å²) < 4.78 is 9.17. The number of methoxy groups -OCH3 is 2. The van der Waals surface area contributed by atoms with Gasteiger partial charge in [0.2, 0.25) is 0 Å². The number of ether oxygens (including phenoxy) is 2. The molecule has 1 aliphatic heterocycles. The van der Waals surface area contributed by atoms with Crippen LogP contribution < -0.4 is 5.43 Å². The molecule has 0 spiro atoms. The van der Waals surface area contributed by atoms with E-state index in [0.29, 0.717) is 0 Å². The van der Waals surface area contributed by atoms with E-state index in [1.807, 2.05) is 0 Å². The second-order valence-electron chi connectivity index (χ2n) is 3.05. The highest BCUT2D eigenvalue weighted by atomic mass is 16.5. The molecule has 0 aliphatic carbocycles. The summed E-state index contributed by atoms with van der Waals surface area (Å²) in [6.45, 7) is 1.60. The zero-order valence-electron chi connectivity index (χ0n) is 9.23. The van der Waals surface area contributed by atoms with Crippen molar-refractivity contribution in [2.75, 3.05) is 14.2 Å². The summed E-state index contributed by atoms with van der Waals surface area (Å²) in [6, 6.07) is 0. The number of carbonyl (C=O) groups excluding carboxylic acids is 2. The maximum absolute atomic E-state index is 11.7. The van der Waals surface area contributed by atoms with E-state index in [1.54, 1.807) is 6.92 Å². The molecule has 1 rings (SSSR count). The number of carbonyl (C=O) groups is 2. The van der Waals surface area contributed by atoms with Crippen LogP contribution in [0.2, 0.25) is 0 Å². The van der Waals surface area contributed by atoms with Gasteiger partial charge < -0.3 is 9.47 Å². The monoisotopic (exact) mass is 224 g/mol. The number of esters is 2. The fourth-order valence-corrected chi connectivity index (χ4v) is 1.45. The zero-order chi connectivity index (χ0) is 12.2. The van der Waals surface area contributed by atoms with Crippen molar-refractivity contribution >= 4 is 18.2 Å². The fraction of sp³-hybridized carbons (Fsp3) is 0.500. The second-order valence-corrected chi connectivity index (χ2v) is 3.05. The minimum atomic E-state index is -1.69. The van der Waals surface area contributed by atoms with Crippen LogP contribution in [0.1, 0.15) is 6.92 Å². The van der Waals surface area contributed by atoms with Crippen LogP contribution in [-0.4, -0.2) is 37.9 Å². The first-order valence-electron chi connectivity index (χ1n) is 4.53. The maximum atomic E-state index is 11.7. The molecule has 1 heterocycles. The molecule has 0 aromatic heterocycles. The molecule has 0 amide bonds. The lowest BCUT2D eigenvalue weighted by molar-refractivity contribution is -0.163. The number of nitrogens with one attached hydrogen (secondary N) is 1. The van der Waals surface area contributed by atoms with E-state index in [1.165, 1.54) is 20.4 Å². The Hall–Kier alpha value is -2.03. The fourth-order valence-electron chi connectivity index (χ4n) is 1.45. The lowest BCUT2D eigenvalue weighted by atomic mass is 9.86. The summed E-state index contributed by atoms with van der Waals surface area (Å²) in [5.41, 5.74) is 0.736. The van der Waals surface area contributed by atoms with Crippen LogP contribution in [0.25, 0.3) is 0 Å². The van der Waals surface area contributed by atoms with Gasteiger partial charge in [0, 0.05) is 6.21 Å². The number of hydrogen-bond acceptors (Lipinski definition) is 6. The van der Waals surface area contributed by atoms with Crippen LogP contribution >= 0.6 is 0 Å². The lowest BCUT2D eigenvalue weighted by Crippen LogP contribution is -2.59. The Morgan fingerprint density at radius 1 is 1.38 bits per heavy atom. The van der Waals surface area contributed by atoms with Crippen molar-refractivity contribution in [3.05, 3.63) is 0 Å². The van der Waals surface area contributed by atoms with Crippen LogP contribution in [0.15, 0.2) is 5.10 Å². The third-order valence-corrected chi connectivity index (χ3v) is 2.25. The molecule has 0 saturated heterocycles. The predicted octanol–water partition coefficient (Wildman–Crippen LogP) is -0.700. The molecule has 0 bridgehead atoms. The highest BCUT2D eigenvalue weighted by molar-refractivity contribution is 6.09. The van der Waals surface area contributed by atoms with Crippen LogP contribution in [0.4, 0.5) is 0 Å². The van der Waals surface area contributed by atoms with E-state index < -0.39 is 23.4 Å². The molecule has 1 atom stereocenters. The number of hydrazone groups is 1. The highest BCUT2D eigenvalue weighted by Crippen LogP contribution is 2.23. The molecule has 1 N–H and O–H groups in total. The number of hydrogen-bond donors (Lipinski definition) is 1. The van der Waals surface area contributed by atoms with Crippen molar-refractivity contribution < 1.29 is 19.1 Å². The average Bonchev–Trinajstić information content (AvgIpc) is 2.72. The van der Waals surface area contributed by atoms with E-state index in [9.17, 15) is 9.59 Å². The third kappa shape index (κ3) is 1.60. The average molecular weight is 224 g/mol. The standard InChI is InChI=1S/C10H12N2O4/c1-4-5-7-6-11-12-10(7,8(13)15-2)9(14)16-3/h6-7,12H,1-3H3. The Morgan fingerprint density at radius 3 is 2.38 bits per heavy atom. The van der Waals surface area contributed by atoms with E-state index in [0.717, 1.165) is 0 Å². The van der Waals surface area contributed by atoms with Crippen LogP contribution in [0.5, 0.6) is 0 Å². The summed E-state index contributed by atoms with van der Waals surface area (Å²) in [6.07, 6.45) is 1.38. The molecule has 0 saturated carbocycles. The van der Waals surface area contributed by atoms with Crippen molar-refractivity contribution in [3.63, 3.8) is 0 Å². The zero-order valence-corrected chi connectivity index (χ0v) is 9.23. The Balaban J connectivity index is 3.18. The number of rotatable bonds is 2. The highest BCUT2D eigenvalue weighted by Gasteiger charge is 2.57. The van der Waals surface area contributed by atoms with Gasteiger partial charge in [0.05, 0.1) is 14.2 Å². The van der Waals surface area contributed by atoms with Crippen molar-refractivity contribution in [2.45, 2.75) is 12.5 Å². The van der Waals surface area contributed by atoms with Crippen molar-refractivity contribution in [1.82, 2.24) is 5.43 Å². The lowest BCUT2D eigenvalue weighted by Gasteiger charge is -2.25. The third-order valence-electron chi connectivity index (χ3n) is 2.25. The van der Waals surface area contributed by atoms with Gasteiger partial charge >= 0.3 is 11.9 Å². The summed E-state index contributed by atoms with van der Waals surface area (Å²) >= 11 is 0. The first-order chi connectivity index (χ1) is 7.63. The molecular formula is C10H12N2O4. The normalized spacial score (nSPS) is 20.3. The molecule has 0 radical (unpaired) electrons. The van der Waals surface area contributed by atoms with E-state index in [4.69, 9.17) is 0 Å². The van der Waals surface area contributed by atoms with Gasteiger partial charge in [0.15, 0.2) is 0 Å². The summed E-state index contributed by atoms with van der Waals surface area (Å²) in [5, 5.41) is 3.70. The summed E-state index contributed by atoms with van der Waals surface area (Å²) in [4.78, 5) is 23.4. The Labute approximate surface area is 93.0 Å². The van der Waals surface area contributed by atoms with Gasteiger partial charge in [-0.3, -0.25) is 5.43 Å². The van der Waals surface area contributed by atoms with Crippen molar-refractivity contribution in [1.29, 1.82) is 0 Å². The largest absolute Gasteiger partial charge is 0.467 e. The van der Waals surface area contributed by atoms with Gasteiger partial charge in [0.1, 0.15) is 5.92 Å². The van der Waals surface area contributed by atoms with E-state index >= 15 is 0 Å². The van der Waals surface area contributed by atoms with Gasteiger partial charge in [-0.2, -0.15) is 5.10 Å². The van der Waals surface area contributed by atoms with Crippen LogP contribution in [0.3, 0.4) is 0 Å². The molecule has 6 heteroatoms. The molecule has 16 heavy (non-hydrogen) atoms. The molecular weight excluding hydrogens is 212 g/mol. The Morgan fingerprint density at radius 2 is 1.94 bits per heavy atom. The van der Waals surface area contributed by atoms with Gasteiger partial charge in [-0.05, 0) is 6.92 Å². The van der Waals surface area contributed by atoms with Crippen LogP contribution in [-0.2, 0) is 19.1 Å². The van der Waals surface area contributed by atoms with E-state index in [2.05, 4.69) is 31.8 Å². The van der Waals surface area contributed by atoms with E-state index in [-0.39, 0.29) is 0 Å². The maximum Gasteiger partial charge on any atom is 0.346 e. The van der Waals surface area contributed by atoms with Gasteiger partial charge in [0.25, 0.3) is 5.54 Å². The topological polar surface area (TPSA) is 77.0 Å². The van der Waals surface area contributed by atoms with Gasteiger partial charge in [-0.15, -0.1) is 5.92 Å². The molecule has 0 fully saturated rings. The molecule has 86 valence electrons. The quantitative estimate of drug-likeness (QED) is 0.381. The second kappa shape index (κ2) is 4.66. The molecule has 0 aromatic rings. The molecule has 0 aromatic carbocycles. The molecule has 1 aliphatic rings. The first kappa shape index (κ1) is 12.0. The van der Waals surface area contributed by atoms with Crippen molar-refractivity contribution in [2.24, 2.45) is 11.0 Å². The molecule has 1 unspecified atom stereocenters. The minimum Gasteiger partial charge on any atom is -0.467 e. The summed E-state index contributed by atoms with van der Waals surface area (Å²) in [5.74, 6) is 3.08. The van der Waals surface area contributed by atoms with Gasteiger partial charge in [-0.25, -0.2) is 9.59 Å². The smallest absolute Gasteiger partial charge is 0.346 e. The molecule has 6 nitrogen and oxygen atoms in total. The SMILES string of the molecule is CC#CC1C=NNC1(C(=O)OC)C(=O)OC. The summed E-state index contributed by atoms with van der Waals surface area (Å²) in [7, 11) is 2.37. The number of nitrogens with zero attached hydrogens (tertiary/aromatic N) is 1. The van der Waals surface area contributed by atoms with Crippen molar-refractivity contribution in [3.8, 4) is 11.8 Å². The minimum absolute atomic E-state index is 0.697. The van der Waals surface area contributed by atoms with Crippen LogP contribution in [0, 0.1) is 17.8 Å².